The molecule has 1 aliphatic heterocycles. The van der Waals surface area contributed by atoms with Gasteiger partial charge in [-0.3, -0.25) is 0 Å². The molecule has 0 amide bonds. The second-order valence-electron chi connectivity index (χ2n) is 5.69. The molecule has 0 fully saturated rings. The van der Waals surface area contributed by atoms with Gasteiger partial charge < -0.3 is 4.74 Å². The Labute approximate surface area is 149 Å². The molecule has 0 radical (unpaired) electrons. The van der Waals surface area contributed by atoms with Gasteiger partial charge >= 0.3 is 18.3 Å². The van der Waals surface area contributed by atoms with Gasteiger partial charge in [0.05, 0.1) is 11.1 Å². The first-order valence-corrected chi connectivity index (χ1v) is 7.54. The molecule has 2 aromatic rings. The molecule has 0 saturated carbocycles. The van der Waals surface area contributed by atoms with Gasteiger partial charge in [-0.1, -0.05) is 24.3 Å². The van der Waals surface area contributed by atoms with E-state index in [1.807, 2.05) is 0 Å². The molecule has 140 valence electrons. The van der Waals surface area contributed by atoms with Crippen LogP contribution in [0.2, 0.25) is 0 Å². The minimum Gasteiger partial charge on any atom is -0.423 e. The maximum atomic E-state index is 12.9. The zero-order valence-electron chi connectivity index (χ0n) is 13.4. The van der Waals surface area contributed by atoms with Crippen LogP contribution >= 0.6 is 0 Å². The quantitative estimate of drug-likeness (QED) is 0.490. The zero-order valence-corrected chi connectivity index (χ0v) is 13.4. The van der Waals surface area contributed by atoms with Crippen LogP contribution < -0.4 is 0 Å². The molecule has 0 bridgehead atoms. The lowest BCUT2D eigenvalue weighted by Crippen LogP contribution is -2.05. The first-order chi connectivity index (χ1) is 12.5. The van der Waals surface area contributed by atoms with E-state index < -0.39 is 29.4 Å². The molecular weight excluding hydrogens is 374 g/mol. The van der Waals surface area contributed by atoms with Crippen LogP contribution in [0.15, 0.2) is 60.4 Å². The molecule has 1 aliphatic rings. The molecule has 0 unspecified atom stereocenters. The van der Waals surface area contributed by atoms with Gasteiger partial charge in [0.2, 0.25) is 0 Å². The number of hydrogen-bond donors (Lipinski definition) is 0. The minimum atomic E-state index is -4.58. The number of alkyl halides is 6. The van der Waals surface area contributed by atoms with Crippen LogP contribution in [0.3, 0.4) is 0 Å². The number of cyclic esters (lactones) is 1. The SMILES string of the molecule is O=C1C=C(c2cccc(C(F)(F)F)c2)/C(=C/c2cccc(C(F)(F)F)c2)O1. The maximum Gasteiger partial charge on any atom is 0.416 e. The van der Waals surface area contributed by atoms with Crippen LogP contribution in [0.1, 0.15) is 22.3 Å². The average Bonchev–Trinajstić information content (AvgIpc) is 2.94. The number of rotatable bonds is 2. The number of ether oxygens (including phenoxy) is 1. The van der Waals surface area contributed by atoms with Crippen LogP contribution in [-0.4, -0.2) is 5.97 Å². The second-order valence-corrected chi connectivity index (χ2v) is 5.69. The molecule has 3 rings (SSSR count). The summed E-state index contributed by atoms with van der Waals surface area (Å²) in [5.74, 6) is -0.945. The summed E-state index contributed by atoms with van der Waals surface area (Å²) < 4.78 is 82.1. The predicted molar refractivity (Wildman–Crippen MR) is 84.9 cm³/mol. The molecule has 0 aromatic heterocycles. The summed E-state index contributed by atoms with van der Waals surface area (Å²) in [5.41, 5.74) is -1.60. The summed E-state index contributed by atoms with van der Waals surface area (Å²) >= 11 is 0. The number of carbonyl (C=O) groups excluding carboxylic acids is 1. The van der Waals surface area contributed by atoms with E-state index in [0.29, 0.717) is 0 Å². The Hall–Kier alpha value is -3.03. The fraction of sp³-hybridized carbons (Fsp3) is 0.105. The Morgan fingerprint density at radius 3 is 2.04 bits per heavy atom. The van der Waals surface area contributed by atoms with Gasteiger partial charge in [-0.25, -0.2) is 4.79 Å². The van der Waals surface area contributed by atoms with Crippen LogP contribution in [0.5, 0.6) is 0 Å². The average molecular weight is 384 g/mol. The molecule has 1 heterocycles. The second kappa shape index (κ2) is 6.61. The van der Waals surface area contributed by atoms with Crippen molar-refractivity contribution in [3.8, 4) is 0 Å². The van der Waals surface area contributed by atoms with Crippen molar-refractivity contribution in [3.05, 3.63) is 82.6 Å². The third kappa shape index (κ3) is 4.21. The van der Waals surface area contributed by atoms with E-state index in [1.54, 1.807) is 0 Å². The molecule has 0 aliphatic carbocycles. The summed E-state index contributed by atoms with van der Waals surface area (Å²) in [6, 6.07) is 8.51. The van der Waals surface area contributed by atoms with E-state index in [-0.39, 0.29) is 22.5 Å². The first-order valence-electron chi connectivity index (χ1n) is 7.54. The Balaban J connectivity index is 2.01. The molecular formula is C19H10F6O2. The molecule has 2 nitrogen and oxygen atoms in total. The zero-order chi connectivity index (χ0) is 19.8. The number of halogens is 6. The first kappa shape index (κ1) is 18.8. The van der Waals surface area contributed by atoms with E-state index in [2.05, 4.69) is 0 Å². The number of hydrogen-bond acceptors (Lipinski definition) is 2. The van der Waals surface area contributed by atoms with Crippen LogP contribution in [0.25, 0.3) is 11.6 Å². The van der Waals surface area contributed by atoms with Crippen molar-refractivity contribution in [2.24, 2.45) is 0 Å². The third-order valence-electron chi connectivity index (χ3n) is 3.75. The lowest BCUT2D eigenvalue weighted by Gasteiger charge is -2.10. The lowest BCUT2D eigenvalue weighted by atomic mass is 10.0. The molecule has 27 heavy (non-hydrogen) atoms. The van der Waals surface area contributed by atoms with E-state index >= 15 is 0 Å². The molecule has 0 N–H and O–H groups in total. The van der Waals surface area contributed by atoms with Crippen molar-refractivity contribution < 1.29 is 35.9 Å². The fourth-order valence-corrected chi connectivity index (χ4v) is 2.53. The summed E-state index contributed by atoms with van der Waals surface area (Å²) in [7, 11) is 0. The molecule has 8 heteroatoms. The normalized spacial score (nSPS) is 16.4. The smallest absolute Gasteiger partial charge is 0.416 e. The van der Waals surface area contributed by atoms with Crippen molar-refractivity contribution in [1.82, 2.24) is 0 Å². The van der Waals surface area contributed by atoms with E-state index in [0.717, 1.165) is 30.3 Å². The van der Waals surface area contributed by atoms with E-state index in [4.69, 9.17) is 4.74 Å². The van der Waals surface area contributed by atoms with E-state index in [1.165, 1.54) is 30.3 Å². The number of allylic oxidation sites excluding steroid dienone is 1. The lowest BCUT2D eigenvalue weighted by molar-refractivity contribution is -0.138. The topological polar surface area (TPSA) is 26.3 Å². The van der Waals surface area contributed by atoms with Gasteiger partial charge in [0.1, 0.15) is 5.76 Å². The van der Waals surface area contributed by atoms with Crippen molar-refractivity contribution in [1.29, 1.82) is 0 Å². The highest BCUT2D eigenvalue weighted by Gasteiger charge is 2.32. The van der Waals surface area contributed by atoms with Gasteiger partial charge in [0.25, 0.3) is 0 Å². The van der Waals surface area contributed by atoms with Gasteiger partial charge in [-0.05, 0) is 41.5 Å². The Morgan fingerprint density at radius 1 is 0.815 bits per heavy atom. The monoisotopic (exact) mass is 384 g/mol. The third-order valence-corrected chi connectivity index (χ3v) is 3.75. The molecule has 0 spiro atoms. The summed E-state index contributed by atoms with van der Waals surface area (Å²) in [6.07, 6.45) is -6.97. The maximum absolute atomic E-state index is 12.9. The Bertz CT molecular complexity index is 951. The van der Waals surface area contributed by atoms with Gasteiger partial charge in [0, 0.05) is 11.6 Å². The predicted octanol–water partition coefficient (Wildman–Crippen LogP) is 5.71. The van der Waals surface area contributed by atoms with Crippen LogP contribution in [0.4, 0.5) is 26.3 Å². The highest BCUT2D eigenvalue weighted by molar-refractivity contribution is 6.03. The standard InChI is InChI=1S/C19H10F6O2/c20-18(21,22)13-5-1-3-11(7-13)8-16-15(10-17(26)27-16)12-4-2-6-14(9-12)19(23,24)25/h1-10H/b16-8-. The van der Waals surface area contributed by atoms with Gasteiger partial charge in [-0.15, -0.1) is 0 Å². The van der Waals surface area contributed by atoms with Gasteiger partial charge in [0.15, 0.2) is 0 Å². The number of benzene rings is 2. The molecule has 2 aromatic carbocycles. The van der Waals surface area contributed by atoms with Crippen molar-refractivity contribution in [2.45, 2.75) is 12.4 Å². The number of esters is 1. The van der Waals surface area contributed by atoms with Crippen molar-refractivity contribution >= 4 is 17.6 Å². The molecule has 0 atom stereocenters. The molecule has 0 saturated heterocycles. The Morgan fingerprint density at radius 2 is 1.41 bits per heavy atom. The number of carbonyl (C=O) groups is 1. The summed E-state index contributed by atoms with van der Waals surface area (Å²) in [5, 5.41) is 0. The van der Waals surface area contributed by atoms with Crippen LogP contribution in [-0.2, 0) is 21.9 Å². The minimum absolute atomic E-state index is 0.0588. The fourth-order valence-electron chi connectivity index (χ4n) is 2.53. The summed E-state index contributed by atoms with van der Waals surface area (Å²) in [6.45, 7) is 0. The van der Waals surface area contributed by atoms with Crippen LogP contribution in [0, 0.1) is 0 Å². The Kier molecular flexibility index (Phi) is 4.59. The highest BCUT2D eigenvalue weighted by atomic mass is 19.4. The van der Waals surface area contributed by atoms with Crippen molar-refractivity contribution in [3.63, 3.8) is 0 Å². The summed E-state index contributed by atoms with van der Waals surface area (Å²) in [4.78, 5) is 11.6. The highest BCUT2D eigenvalue weighted by Crippen LogP contribution is 2.36. The van der Waals surface area contributed by atoms with Crippen molar-refractivity contribution in [2.75, 3.05) is 0 Å². The van der Waals surface area contributed by atoms with Gasteiger partial charge in [-0.2, -0.15) is 26.3 Å². The van der Waals surface area contributed by atoms with E-state index in [9.17, 15) is 31.1 Å². The largest absolute Gasteiger partial charge is 0.423 e.